The molecule has 0 bridgehead atoms. The third-order valence-corrected chi connectivity index (χ3v) is 5.30. The molecule has 0 amide bonds. The molecule has 5 nitrogen and oxygen atoms in total. The summed E-state index contributed by atoms with van der Waals surface area (Å²) >= 11 is 2.24. The number of hydrogen-bond donors (Lipinski definition) is 0. The Balaban J connectivity index is 1.58. The smallest absolute Gasteiger partial charge is 0.336 e. The van der Waals surface area contributed by atoms with Crippen LogP contribution in [0.2, 0.25) is 0 Å². The van der Waals surface area contributed by atoms with E-state index in [1.807, 2.05) is 48.5 Å². The summed E-state index contributed by atoms with van der Waals surface area (Å²) in [4.78, 5) is 12.4. The van der Waals surface area contributed by atoms with Crippen molar-refractivity contribution in [2.24, 2.45) is 0 Å². The molecule has 0 aromatic heterocycles. The second kappa shape index (κ2) is 7.21. The lowest BCUT2D eigenvalue weighted by Crippen LogP contribution is -2.27. The first-order chi connectivity index (χ1) is 12.3. The molecule has 1 fully saturated rings. The Kier molecular flexibility index (Phi) is 4.80. The molecule has 2 aromatic carbocycles. The minimum Gasteiger partial charge on any atom is -0.459 e. The van der Waals surface area contributed by atoms with E-state index < -0.39 is 6.10 Å². The zero-order valence-corrected chi connectivity index (χ0v) is 15.5. The van der Waals surface area contributed by atoms with Gasteiger partial charge in [0.1, 0.15) is 6.10 Å². The number of cyclic esters (lactones) is 1. The summed E-state index contributed by atoms with van der Waals surface area (Å²) in [5, 5.41) is 0. The number of esters is 1. The van der Waals surface area contributed by atoms with Crippen molar-refractivity contribution in [1.29, 1.82) is 0 Å². The minimum atomic E-state index is -0.625. The zero-order chi connectivity index (χ0) is 17.2. The maximum Gasteiger partial charge on any atom is 0.336 e. The number of hydrogen-bond acceptors (Lipinski definition) is 5. The lowest BCUT2D eigenvalue weighted by Gasteiger charge is -2.20. The second-order valence-corrected chi connectivity index (χ2v) is 6.87. The van der Waals surface area contributed by atoms with Crippen LogP contribution < -0.4 is 9.47 Å². The van der Waals surface area contributed by atoms with E-state index in [-0.39, 0.29) is 24.8 Å². The molecule has 0 aliphatic carbocycles. The van der Waals surface area contributed by atoms with E-state index in [1.165, 1.54) is 0 Å². The first kappa shape index (κ1) is 16.7. The van der Waals surface area contributed by atoms with Crippen LogP contribution >= 0.6 is 22.6 Å². The van der Waals surface area contributed by atoms with E-state index in [2.05, 4.69) is 22.6 Å². The first-order valence-electron chi connectivity index (χ1n) is 8.08. The van der Waals surface area contributed by atoms with Crippen LogP contribution in [-0.2, 0) is 20.9 Å². The molecule has 0 N–H and O–H groups in total. The summed E-state index contributed by atoms with van der Waals surface area (Å²) in [6, 6.07) is 15.6. The normalized spacial score (nSPS) is 24.4. The van der Waals surface area contributed by atoms with Crippen LogP contribution in [0.5, 0.6) is 11.5 Å². The monoisotopic (exact) mass is 452 g/mol. The van der Waals surface area contributed by atoms with Gasteiger partial charge in [0.25, 0.3) is 0 Å². The Morgan fingerprint density at radius 2 is 1.88 bits per heavy atom. The maximum absolute atomic E-state index is 12.4. The predicted molar refractivity (Wildman–Crippen MR) is 99.1 cm³/mol. The Morgan fingerprint density at radius 3 is 2.68 bits per heavy atom. The summed E-state index contributed by atoms with van der Waals surface area (Å²) in [6.07, 6.45) is -0.838. The third-order valence-electron chi connectivity index (χ3n) is 4.43. The number of alkyl halides is 1. The highest BCUT2D eigenvalue weighted by molar-refractivity contribution is 14.1. The Hall–Kier alpha value is -1.80. The number of halogens is 1. The molecule has 25 heavy (non-hydrogen) atoms. The van der Waals surface area contributed by atoms with E-state index in [9.17, 15) is 4.79 Å². The summed E-state index contributed by atoms with van der Waals surface area (Å²) in [6.45, 7) is 0.595. The van der Waals surface area contributed by atoms with Gasteiger partial charge < -0.3 is 18.9 Å². The molecule has 0 saturated carbocycles. The standard InChI is InChI=1S/C19H17IO5/c20-9-16-17(13-6-7-14-15(8-13)24-11-23-14)18(19(21)25-16)22-10-12-4-2-1-3-5-12/h1-8,16-18H,9-11H2/t16-,17-,18+/m1/s1. The number of benzene rings is 2. The van der Waals surface area contributed by atoms with Gasteiger partial charge in [-0.25, -0.2) is 4.79 Å². The van der Waals surface area contributed by atoms with Crippen LogP contribution in [0.25, 0.3) is 0 Å². The molecule has 4 rings (SSSR count). The molecule has 0 radical (unpaired) electrons. The Labute approximate surface area is 159 Å². The van der Waals surface area contributed by atoms with Crippen LogP contribution in [0.4, 0.5) is 0 Å². The molecule has 2 heterocycles. The molecule has 2 aromatic rings. The number of carbonyl (C=O) groups is 1. The van der Waals surface area contributed by atoms with Crippen molar-refractivity contribution in [2.45, 2.75) is 24.7 Å². The number of ether oxygens (including phenoxy) is 4. The van der Waals surface area contributed by atoms with Gasteiger partial charge in [-0.2, -0.15) is 0 Å². The Morgan fingerprint density at radius 1 is 1.08 bits per heavy atom. The summed E-state index contributed by atoms with van der Waals surface area (Å²) in [5.41, 5.74) is 1.99. The van der Waals surface area contributed by atoms with Gasteiger partial charge in [0, 0.05) is 4.43 Å². The Bertz CT molecular complexity index is 764. The van der Waals surface area contributed by atoms with Crippen molar-refractivity contribution >= 4 is 28.6 Å². The van der Waals surface area contributed by atoms with Gasteiger partial charge in [0.2, 0.25) is 6.79 Å². The lowest BCUT2D eigenvalue weighted by atomic mass is 9.90. The minimum absolute atomic E-state index is 0.164. The molecule has 3 atom stereocenters. The van der Waals surface area contributed by atoms with Gasteiger partial charge in [-0.1, -0.05) is 59.0 Å². The van der Waals surface area contributed by atoms with Crippen molar-refractivity contribution in [1.82, 2.24) is 0 Å². The summed E-state index contributed by atoms with van der Waals surface area (Å²) in [7, 11) is 0. The van der Waals surface area contributed by atoms with Crippen LogP contribution in [0.15, 0.2) is 48.5 Å². The molecule has 6 heteroatoms. The van der Waals surface area contributed by atoms with Gasteiger partial charge in [0.15, 0.2) is 17.6 Å². The first-order valence-corrected chi connectivity index (χ1v) is 9.60. The van der Waals surface area contributed by atoms with Gasteiger partial charge in [-0.3, -0.25) is 0 Å². The van der Waals surface area contributed by atoms with E-state index in [1.54, 1.807) is 0 Å². The van der Waals surface area contributed by atoms with Crippen molar-refractivity contribution in [3.63, 3.8) is 0 Å². The largest absolute Gasteiger partial charge is 0.459 e. The van der Waals surface area contributed by atoms with Gasteiger partial charge >= 0.3 is 5.97 Å². The fourth-order valence-electron chi connectivity index (χ4n) is 3.20. The second-order valence-electron chi connectivity index (χ2n) is 5.99. The van der Waals surface area contributed by atoms with E-state index in [0.29, 0.717) is 16.8 Å². The fourth-order valence-corrected chi connectivity index (χ4v) is 3.93. The molecule has 2 aliphatic heterocycles. The van der Waals surface area contributed by atoms with Gasteiger partial charge in [-0.15, -0.1) is 0 Å². The highest BCUT2D eigenvalue weighted by Crippen LogP contribution is 2.40. The van der Waals surface area contributed by atoms with Crippen molar-refractivity contribution in [3.05, 3.63) is 59.7 Å². The van der Waals surface area contributed by atoms with Crippen LogP contribution in [0, 0.1) is 0 Å². The average Bonchev–Trinajstić information content (AvgIpc) is 3.24. The number of rotatable bonds is 5. The highest BCUT2D eigenvalue weighted by Gasteiger charge is 2.46. The molecular formula is C19H17IO5. The van der Waals surface area contributed by atoms with Crippen molar-refractivity contribution < 1.29 is 23.7 Å². The third kappa shape index (κ3) is 3.32. The summed E-state index contributed by atoms with van der Waals surface area (Å²) < 4.78 is 23.1. The summed E-state index contributed by atoms with van der Waals surface area (Å²) in [5.74, 6) is 0.954. The SMILES string of the molecule is O=C1O[C@H](CI)[C@@H](c2ccc3c(c2)OCO3)[C@@H]1OCc1ccccc1. The maximum atomic E-state index is 12.4. The van der Waals surface area contributed by atoms with Gasteiger partial charge in [-0.05, 0) is 23.3 Å². The molecule has 2 aliphatic rings. The van der Waals surface area contributed by atoms with Crippen LogP contribution in [0.1, 0.15) is 17.0 Å². The molecule has 1 saturated heterocycles. The molecular weight excluding hydrogens is 435 g/mol. The molecule has 0 unspecified atom stereocenters. The van der Waals surface area contributed by atoms with Gasteiger partial charge in [0.05, 0.1) is 12.5 Å². The van der Waals surface area contributed by atoms with E-state index >= 15 is 0 Å². The molecule has 130 valence electrons. The average molecular weight is 452 g/mol. The predicted octanol–water partition coefficient (Wildman–Crippen LogP) is 3.44. The number of carbonyl (C=O) groups excluding carboxylic acids is 1. The van der Waals surface area contributed by atoms with Crippen molar-refractivity contribution in [3.8, 4) is 11.5 Å². The number of fused-ring (bicyclic) bond motifs is 1. The topological polar surface area (TPSA) is 54.0 Å². The molecule has 0 spiro atoms. The zero-order valence-electron chi connectivity index (χ0n) is 13.4. The van der Waals surface area contributed by atoms with Crippen LogP contribution in [0.3, 0.4) is 0 Å². The van der Waals surface area contributed by atoms with E-state index in [4.69, 9.17) is 18.9 Å². The quantitative estimate of drug-likeness (QED) is 0.396. The lowest BCUT2D eigenvalue weighted by molar-refractivity contribution is -0.149. The van der Waals surface area contributed by atoms with E-state index in [0.717, 1.165) is 16.9 Å². The highest BCUT2D eigenvalue weighted by atomic mass is 127. The van der Waals surface area contributed by atoms with Crippen LogP contribution in [-0.4, -0.2) is 29.4 Å². The fraction of sp³-hybridized carbons (Fsp3) is 0.316. The van der Waals surface area contributed by atoms with Crippen molar-refractivity contribution in [2.75, 3.05) is 11.2 Å².